The summed E-state index contributed by atoms with van der Waals surface area (Å²) < 4.78 is 26.3. The van der Waals surface area contributed by atoms with Gasteiger partial charge in [-0.05, 0) is 68.8 Å². The Hall–Kier alpha value is -3.12. The van der Waals surface area contributed by atoms with Crippen molar-refractivity contribution < 1.29 is 18.7 Å². The van der Waals surface area contributed by atoms with Crippen molar-refractivity contribution in [2.24, 2.45) is 0 Å². The lowest BCUT2D eigenvalue weighted by atomic mass is 10.1. The molecule has 0 radical (unpaired) electrons. The zero-order chi connectivity index (χ0) is 23.3. The summed E-state index contributed by atoms with van der Waals surface area (Å²) >= 11 is 0. The smallest absolute Gasteiger partial charge is 0.178 e. The first-order chi connectivity index (χ1) is 15.3. The van der Waals surface area contributed by atoms with Gasteiger partial charge >= 0.3 is 0 Å². The number of halogens is 1. The van der Waals surface area contributed by atoms with Crippen LogP contribution in [-0.2, 0) is 19.5 Å². The Morgan fingerprint density at radius 3 is 2.44 bits per heavy atom. The van der Waals surface area contributed by atoms with Gasteiger partial charge in [-0.3, -0.25) is 9.69 Å². The van der Waals surface area contributed by atoms with Gasteiger partial charge < -0.3 is 14.0 Å². The number of hydrogen-bond acceptors (Lipinski definition) is 4. The highest BCUT2D eigenvalue weighted by Crippen LogP contribution is 2.28. The molecule has 0 atom stereocenters. The van der Waals surface area contributed by atoms with Crippen LogP contribution in [0.1, 0.15) is 32.9 Å². The molecule has 0 aliphatic carbocycles. The van der Waals surface area contributed by atoms with Crippen molar-refractivity contribution >= 4 is 5.78 Å². The maximum absolute atomic E-state index is 13.4. The van der Waals surface area contributed by atoms with E-state index in [4.69, 9.17) is 9.47 Å². The van der Waals surface area contributed by atoms with Crippen molar-refractivity contribution in [1.29, 1.82) is 0 Å². The fourth-order valence-corrected chi connectivity index (χ4v) is 4.04. The van der Waals surface area contributed by atoms with Crippen molar-refractivity contribution in [3.05, 3.63) is 82.4 Å². The van der Waals surface area contributed by atoms with Gasteiger partial charge in [0.15, 0.2) is 17.3 Å². The first kappa shape index (κ1) is 23.5. The summed E-state index contributed by atoms with van der Waals surface area (Å²) in [5.74, 6) is 1.22. The lowest BCUT2D eigenvalue weighted by Gasteiger charge is -2.16. The van der Waals surface area contributed by atoms with Crippen molar-refractivity contribution in [1.82, 2.24) is 9.47 Å². The summed E-state index contributed by atoms with van der Waals surface area (Å²) in [5, 5.41) is 0. The summed E-state index contributed by atoms with van der Waals surface area (Å²) in [6, 6.07) is 14.4. The van der Waals surface area contributed by atoms with Crippen LogP contribution in [0.25, 0.3) is 0 Å². The van der Waals surface area contributed by atoms with E-state index >= 15 is 0 Å². The maximum Gasteiger partial charge on any atom is 0.178 e. The molecule has 0 spiro atoms. The van der Waals surface area contributed by atoms with Crippen molar-refractivity contribution in [3.8, 4) is 11.5 Å². The normalized spacial score (nSPS) is 11.1. The molecule has 0 aliphatic rings. The Labute approximate surface area is 189 Å². The average molecular weight is 439 g/mol. The number of likely N-dealkylation sites (N-methyl/N-ethyl adjacent to an activating group) is 1. The molecular formula is C26H31FN2O3. The number of ether oxygens (including phenoxy) is 2. The van der Waals surface area contributed by atoms with E-state index in [-0.39, 0.29) is 18.1 Å². The number of nitrogens with zero attached hydrogens (tertiary/aromatic N) is 2. The molecule has 1 heterocycles. The van der Waals surface area contributed by atoms with Crippen molar-refractivity contribution in [2.75, 3.05) is 27.8 Å². The molecule has 1 aromatic heterocycles. The molecule has 0 amide bonds. The first-order valence-corrected chi connectivity index (χ1v) is 10.7. The van der Waals surface area contributed by atoms with E-state index < -0.39 is 0 Å². The molecule has 0 aliphatic heterocycles. The van der Waals surface area contributed by atoms with E-state index in [2.05, 4.69) is 4.57 Å². The van der Waals surface area contributed by atoms with Crippen LogP contribution in [0.5, 0.6) is 11.5 Å². The fourth-order valence-electron chi connectivity index (χ4n) is 4.04. The number of rotatable bonds is 10. The second-order valence-corrected chi connectivity index (χ2v) is 8.10. The van der Waals surface area contributed by atoms with Crippen LogP contribution in [0.3, 0.4) is 0 Å². The molecule has 0 N–H and O–H groups in total. The van der Waals surface area contributed by atoms with E-state index in [1.54, 1.807) is 20.3 Å². The Morgan fingerprint density at radius 2 is 1.75 bits per heavy atom. The number of hydrogen-bond donors (Lipinski definition) is 0. The van der Waals surface area contributed by atoms with Gasteiger partial charge in [-0.25, -0.2) is 4.39 Å². The Kier molecular flexibility index (Phi) is 7.70. The van der Waals surface area contributed by atoms with Crippen LogP contribution < -0.4 is 9.47 Å². The molecule has 3 rings (SSSR count). The van der Waals surface area contributed by atoms with Crippen LogP contribution in [-0.4, -0.2) is 43.1 Å². The quantitative estimate of drug-likeness (QED) is 0.426. The van der Waals surface area contributed by atoms with Gasteiger partial charge in [-0.15, -0.1) is 0 Å². The second-order valence-electron chi connectivity index (χ2n) is 8.10. The standard InChI is InChI=1S/C26H31FN2O3/c1-18-13-23(24(30)17-28(3)16-21-7-6-8-22(27)14-21)19(2)29(18)12-11-20-9-10-25(31-4)26(15-20)32-5/h6-10,13-15H,11-12,16-17H2,1-5H3. The van der Waals surface area contributed by atoms with E-state index in [1.807, 2.05) is 56.1 Å². The molecule has 0 unspecified atom stereocenters. The zero-order valence-corrected chi connectivity index (χ0v) is 19.4. The van der Waals surface area contributed by atoms with Crippen LogP contribution in [0, 0.1) is 19.7 Å². The van der Waals surface area contributed by atoms with Crippen LogP contribution >= 0.6 is 0 Å². The number of carbonyl (C=O) groups is 1. The molecule has 170 valence electrons. The van der Waals surface area contributed by atoms with E-state index in [1.165, 1.54) is 12.1 Å². The van der Waals surface area contributed by atoms with E-state index in [0.717, 1.165) is 41.0 Å². The molecule has 0 bridgehead atoms. The molecule has 32 heavy (non-hydrogen) atoms. The Balaban J connectivity index is 1.66. The molecular weight excluding hydrogens is 407 g/mol. The Morgan fingerprint density at radius 1 is 1.00 bits per heavy atom. The van der Waals surface area contributed by atoms with Gasteiger partial charge in [0.05, 0.1) is 20.8 Å². The topological polar surface area (TPSA) is 43.7 Å². The summed E-state index contributed by atoms with van der Waals surface area (Å²) in [6.07, 6.45) is 0.809. The lowest BCUT2D eigenvalue weighted by Crippen LogP contribution is -2.26. The van der Waals surface area contributed by atoms with Gasteiger partial charge in [0.1, 0.15) is 5.82 Å². The first-order valence-electron chi connectivity index (χ1n) is 10.7. The second kappa shape index (κ2) is 10.5. The minimum absolute atomic E-state index is 0.0642. The van der Waals surface area contributed by atoms with E-state index in [0.29, 0.717) is 18.0 Å². The lowest BCUT2D eigenvalue weighted by molar-refractivity contribution is 0.0942. The molecule has 6 heteroatoms. The molecule has 5 nitrogen and oxygen atoms in total. The largest absolute Gasteiger partial charge is 0.493 e. The van der Waals surface area contributed by atoms with Crippen LogP contribution in [0.15, 0.2) is 48.5 Å². The van der Waals surface area contributed by atoms with Gasteiger partial charge in [-0.2, -0.15) is 0 Å². The number of methoxy groups -OCH3 is 2. The van der Waals surface area contributed by atoms with Crippen LogP contribution in [0.2, 0.25) is 0 Å². The number of carbonyl (C=O) groups excluding carboxylic acids is 1. The van der Waals surface area contributed by atoms with Gasteiger partial charge in [0.2, 0.25) is 0 Å². The highest BCUT2D eigenvalue weighted by Gasteiger charge is 2.17. The molecule has 0 saturated heterocycles. The fraction of sp³-hybridized carbons (Fsp3) is 0.346. The molecule has 0 saturated carbocycles. The minimum atomic E-state index is -0.264. The predicted octanol–water partition coefficient (Wildman–Crippen LogP) is 4.82. The monoisotopic (exact) mass is 438 g/mol. The summed E-state index contributed by atoms with van der Waals surface area (Å²) in [6.45, 7) is 5.56. The predicted molar refractivity (Wildman–Crippen MR) is 124 cm³/mol. The van der Waals surface area contributed by atoms with Crippen LogP contribution in [0.4, 0.5) is 4.39 Å². The third-order valence-electron chi connectivity index (χ3n) is 5.70. The zero-order valence-electron chi connectivity index (χ0n) is 19.4. The average Bonchev–Trinajstić information content (AvgIpc) is 3.05. The highest BCUT2D eigenvalue weighted by atomic mass is 19.1. The number of benzene rings is 2. The molecule has 2 aromatic carbocycles. The SMILES string of the molecule is COc1ccc(CCn2c(C)cc(C(=O)CN(C)Cc3cccc(F)c3)c2C)cc1OC. The van der Waals surface area contributed by atoms with Gasteiger partial charge in [-0.1, -0.05) is 18.2 Å². The van der Waals surface area contributed by atoms with E-state index in [9.17, 15) is 9.18 Å². The van der Waals surface area contributed by atoms with Gasteiger partial charge in [0, 0.05) is 30.0 Å². The van der Waals surface area contributed by atoms with Crippen molar-refractivity contribution in [3.63, 3.8) is 0 Å². The number of aryl methyl sites for hydroxylation is 2. The minimum Gasteiger partial charge on any atom is -0.493 e. The maximum atomic E-state index is 13.4. The van der Waals surface area contributed by atoms with Gasteiger partial charge in [0.25, 0.3) is 0 Å². The highest BCUT2D eigenvalue weighted by molar-refractivity contribution is 5.99. The number of ketones is 1. The third-order valence-corrected chi connectivity index (χ3v) is 5.70. The van der Waals surface area contributed by atoms with Crippen molar-refractivity contribution in [2.45, 2.75) is 33.4 Å². The number of Topliss-reactive ketones (excluding diaryl/α,β-unsaturated/α-hetero) is 1. The number of aromatic nitrogens is 1. The Bertz CT molecular complexity index is 1090. The third kappa shape index (κ3) is 5.56. The summed E-state index contributed by atoms with van der Waals surface area (Å²) in [5.41, 5.74) is 4.74. The summed E-state index contributed by atoms with van der Waals surface area (Å²) in [4.78, 5) is 14.9. The molecule has 0 fully saturated rings. The molecule has 3 aromatic rings. The summed E-state index contributed by atoms with van der Waals surface area (Å²) in [7, 11) is 5.13.